The molecule has 0 radical (unpaired) electrons. The van der Waals surface area contributed by atoms with Crippen LogP contribution in [0.3, 0.4) is 0 Å². The van der Waals surface area contributed by atoms with Crippen LogP contribution in [0, 0.1) is 0 Å². The first kappa shape index (κ1) is 74.2. The number of hydrogen-bond acceptors (Lipinski definition) is 8. The molecule has 0 fully saturated rings. The lowest BCUT2D eigenvalue weighted by molar-refractivity contribution is -0.161. The highest BCUT2D eigenvalue weighted by atomic mass is 31.2. The van der Waals surface area contributed by atoms with Gasteiger partial charge in [-0.2, -0.15) is 0 Å². The summed E-state index contributed by atoms with van der Waals surface area (Å²) in [4.78, 5) is 35.2. The lowest BCUT2D eigenvalue weighted by atomic mass is 10.0. The number of hydrogen-bond donors (Lipinski definition) is 2. The third-order valence-electron chi connectivity index (χ3n) is 12.8. The SMILES string of the molecule is CC/C=C\C/C=C\C/C=C\C/C=C\C/C=C\C/C=C\C/C=C\C/C=C\C/C=C\CCCCCCCCCCCCCC(=O)OC(COC(=O)CCCCCCCCC/C=C\C/C=C\CCCCCC)COP(=O)(O)OCCN. The molecule has 0 aromatic rings. The number of phosphoric ester groups is 1. The number of esters is 2. The third kappa shape index (κ3) is 61.4. The summed E-state index contributed by atoms with van der Waals surface area (Å²) in [7, 11) is -4.40. The third-order valence-corrected chi connectivity index (χ3v) is 13.8. The van der Waals surface area contributed by atoms with Gasteiger partial charge in [0.2, 0.25) is 0 Å². The molecule has 0 aliphatic heterocycles. The summed E-state index contributed by atoms with van der Waals surface area (Å²) in [6.07, 6.45) is 88.0. The van der Waals surface area contributed by atoms with Crippen molar-refractivity contribution in [1.29, 1.82) is 0 Å². The largest absolute Gasteiger partial charge is 0.472 e. The lowest BCUT2D eigenvalue weighted by Gasteiger charge is -2.19. The molecule has 3 N–H and O–H groups in total. The van der Waals surface area contributed by atoms with Crippen LogP contribution < -0.4 is 5.73 Å². The lowest BCUT2D eigenvalue weighted by Crippen LogP contribution is -2.29. The smallest absolute Gasteiger partial charge is 0.462 e. The number of ether oxygens (including phenoxy) is 2. The van der Waals surface area contributed by atoms with Crippen molar-refractivity contribution in [1.82, 2.24) is 0 Å². The summed E-state index contributed by atoms with van der Waals surface area (Å²) in [5.41, 5.74) is 5.38. The molecule has 0 aromatic heterocycles. The van der Waals surface area contributed by atoms with Crippen molar-refractivity contribution >= 4 is 19.8 Å². The molecule has 0 aliphatic rings. The average molecular weight is 1100 g/mol. The van der Waals surface area contributed by atoms with E-state index in [0.717, 1.165) is 122 Å². The molecule has 2 unspecified atom stereocenters. The summed E-state index contributed by atoms with van der Waals surface area (Å²) < 4.78 is 33.0. The van der Waals surface area contributed by atoms with E-state index in [0.29, 0.717) is 6.42 Å². The first-order chi connectivity index (χ1) is 38.3. The van der Waals surface area contributed by atoms with Crippen molar-refractivity contribution in [3.05, 3.63) is 134 Å². The van der Waals surface area contributed by atoms with Crippen molar-refractivity contribution in [2.75, 3.05) is 26.4 Å². The Labute approximate surface area is 478 Å². The van der Waals surface area contributed by atoms with Gasteiger partial charge >= 0.3 is 19.8 Å². The monoisotopic (exact) mass is 1100 g/mol. The van der Waals surface area contributed by atoms with Crippen LogP contribution in [0.15, 0.2) is 134 Å². The molecule has 0 spiro atoms. The topological polar surface area (TPSA) is 134 Å². The molecular weight excluding hydrogens is 990 g/mol. The Morgan fingerprint density at radius 2 is 0.705 bits per heavy atom. The second kappa shape index (κ2) is 62.3. The normalized spacial score (nSPS) is 13.9. The number of phosphoric acid groups is 1. The van der Waals surface area contributed by atoms with Crippen LogP contribution in [0.4, 0.5) is 0 Å². The Morgan fingerprint density at radius 1 is 0.397 bits per heavy atom. The fraction of sp³-hybridized carbons (Fsp3) is 0.647. The Morgan fingerprint density at radius 3 is 1.05 bits per heavy atom. The summed E-state index contributed by atoms with van der Waals surface area (Å²) in [5, 5.41) is 0. The minimum atomic E-state index is -4.40. The van der Waals surface area contributed by atoms with Crippen LogP contribution >= 0.6 is 7.82 Å². The minimum Gasteiger partial charge on any atom is -0.462 e. The van der Waals surface area contributed by atoms with Gasteiger partial charge in [-0.1, -0.05) is 257 Å². The highest BCUT2D eigenvalue weighted by Gasteiger charge is 2.26. The molecule has 2 atom stereocenters. The zero-order valence-electron chi connectivity index (χ0n) is 49.6. The number of rotatable bonds is 57. The van der Waals surface area contributed by atoms with E-state index in [9.17, 15) is 19.0 Å². The Balaban J connectivity index is 3.96. The van der Waals surface area contributed by atoms with Crippen LogP contribution in [0.25, 0.3) is 0 Å². The van der Waals surface area contributed by atoms with Crippen molar-refractivity contribution in [2.24, 2.45) is 5.73 Å². The number of carbonyl (C=O) groups is 2. The van der Waals surface area contributed by atoms with Gasteiger partial charge in [0.1, 0.15) is 6.61 Å². The molecule has 0 saturated carbocycles. The van der Waals surface area contributed by atoms with Crippen LogP contribution in [0.5, 0.6) is 0 Å². The van der Waals surface area contributed by atoms with E-state index in [-0.39, 0.29) is 32.6 Å². The van der Waals surface area contributed by atoms with Crippen LogP contribution in [-0.4, -0.2) is 49.3 Å². The molecule has 0 heterocycles. The summed E-state index contributed by atoms with van der Waals surface area (Å²) in [5.74, 6) is -0.844. The highest BCUT2D eigenvalue weighted by Crippen LogP contribution is 2.43. The van der Waals surface area contributed by atoms with Gasteiger partial charge in [0, 0.05) is 19.4 Å². The molecule has 0 saturated heterocycles. The maximum atomic E-state index is 12.7. The number of allylic oxidation sites excluding steroid dienone is 22. The van der Waals surface area contributed by atoms with Gasteiger partial charge in [-0.15, -0.1) is 0 Å². The first-order valence-electron chi connectivity index (χ1n) is 31.2. The maximum absolute atomic E-state index is 12.7. The van der Waals surface area contributed by atoms with Gasteiger partial charge in [0.15, 0.2) is 6.10 Å². The second-order valence-corrected chi connectivity index (χ2v) is 21.6. The van der Waals surface area contributed by atoms with Gasteiger partial charge in [0.25, 0.3) is 0 Å². The number of carbonyl (C=O) groups excluding carboxylic acids is 2. The zero-order chi connectivity index (χ0) is 56.6. The molecule has 0 amide bonds. The van der Waals surface area contributed by atoms with Crippen molar-refractivity contribution < 1.29 is 37.6 Å². The van der Waals surface area contributed by atoms with E-state index in [1.165, 1.54) is 96.3 Å². The van der Waals surface area contributed by atoms with E-state index in [1.807, 2.05) is 0 Å². The summed E-state index contributed by atoms with van der Waals surface area (Å²) in [6, 6.07) is 0. The van der Waals surface area contributed by atoms with Crippen LogP contribution in [-0.2, 0) is 32.7 Å². The standard InChI is InChI=1S/C68H114NO8P/c1-3-5-7-9-11-13-15-17-19-21-23-24-25-26-27-28-29-30-31-32-33-34-35-36-37-38-39-40-41-42-43-45-47-49-51-53-55-57-59-61-68(71)77-66(65-76-78(72,73)75-63-62-69)64-74-67(70)60-58-56-54-52-50-48-46-44-22-20-18-16-14-12-10-8-6-4-2/h5,7,11,13-14,16-17,19-20,22-24,26-27,29-30,32-33,35-36,38-39,66H,3-4,6,8-10,12,15,18,21,25,28,31,34,37,40-65,69H2,1-2H3,(H,72,73)/b7-5-,13-11-,16-14-,19-17-,22-20-,24-23-,27-26-,30-29-,33-32-,36-35-,39-38-. The average Bonchev–Trinajstić information content (AvgIpc) is 3.43. The van der Waals surface area contributed by atoms with Crippen molar-refractivity contribution in [2.45, 2.75) is 258 Å². The van der Waals surface area contributed by atoms with Gasteiger partial charge in [-0.3, -0.25) is 18.6 Å². The maximum Gasteiger partial charge on any atom is 0.472 e. The first-order valence-corrected chi connectivity index (χ1v) is 32.7. The molecule has 78 heavy (non-hydrogen) atoms. The Kier molecular flexibility index (Phi) is 59.3. The van der Waals surface area contributed by atoms with E-state index >= 15 is 0 Å². The molecule has 0 bridgehead atoms. The fourth-order valence-corrected chi connectivity index (χ4v) is 8.95. The zero-order valence-corrected chi connectivity index (χ0v) is 50.5. The van der Waals surface area contributed by atoms with Gasteiger partial charge in [0.05, 0.1) is 13.2 Å². The van der Waals surface area contributed by atoms with E-state index in [4.69, 9.17) is 24.3 Å². The van der Waals surface area contributed by atoms with Gasteiger partial charge < -0.3 is 20.1 Å². The quantitative estimate of drug-likeness (QED) is 0.0264. The predicted octanol–water partition coefficient (Wildman–Crippen LogP) is 20.1. The molecular formula is C68H114NO8P. The molecule has 0 aliphatic carbocycles. The van der Waals surface area contributed by atoms with Crippen LogP contribution in [0.2, 0.25) is 0 Å². The van der Waals surface area contributed by atoms with Crippen molar-refractivity contribution in [3.8, 4) is 0 Å². The molecule has 0 rings (SSSR count). The van der Waals surface area contributed by atoms with Crippen LogP contribution in [0.1, 0.15) is 251 Å². The Bertz CT molecular complexity index is 1740. The van der Waals surface area contributed by atoms with E-state index in [2.05, 4.69) is 148 Å². The molecule has 0 aromatic carbocycles. The van der Waals surface area contributed by atoms with Gasteiger partial charge in [-0.25, -0.2) is 4.57 Å². The van der Waals surface area contributed by atoms with Crippen molar-refractivity contribution in [3.63, 3.8) is 0 Å². The molecule has 444 valence electrons. The van der Waals surface area contributed by atoms with E-state index < -0.39 is 32.5 Å². The predicted molar refractivity (Wildman–Crippen MR) is 334 cm³/mol. The second-order valence-electron chi connectivity index (χ2n) is 20.2. The molecule has 9 nitrogen and oxygen atoms in total. The van der Waals surface area contributed by atoms with Gasteiger partial charge in [-0.05, 0) is 116 Å². The van der Waals surface area contributed by atoms with E-state index in [1.54, 1.807) is 0 Å². The summed E-state index contributed by atoms with van der Waals surface area (Å²) in [6.45, 7) is 3.60. The highest BCUT2D eigenvalue weighted by molar-refractivity contribution is 7.47. The fourth-order valence-electron chi connectivity index (χ4n) is 8.19. The number of nitrogens with two attached hydrogens (primary N) is 1. The molecule has 10 heteroatoms. The minimum absolute atomic E-state index is 0.0462. The number of unbranched alkanes of at least 4 members (excludes halogenated alkanes) is 22. The Hall–Kier alpha value is -3.85. The summed E-state index contributed by atoms with van der Waals surface area (Å²) >= 11 is 0.